The van der Waals surface area contributed by atoms with Crippen molar-refractivity contribution < 1.29 is 19.7 Å². The Morgan fingerprint density at radius 2 is 2.00 bits per heavy atom. The van der Waals surface area contributed by atoms with E-state index in [9.17, 15) is 15.0 Å². The molecule has 0 fully saturated rings. The lowest BCUT2D eigenvalue weighted by Gasteiger charge is -2.23. The third-order valence-electron chi connectivity index (χ3n) is 4.49. The Hall–Kier alpha value is -3.32. The van der Waals surface area contributed by atoms with Crippen LogP contribution in [0.4, 0.5) is 0 Å². The fourth-order valence-corrected chi connectivity index (χ4v) is 2.93. The van der Waals surface area contributed by atoms with E-state index >= 15 is 0 Å². The summed E-state index contributed by atoms with van der Waals surface area (Å²) in [5.41, 5.74) is 2.35. The maximum Gasteiger partial charge on any atom is 0.271 e. The summed E-state index contributed by atoms with van der Waals surface area (Å²) in [5.74, 6) is 0.517. The summed E-state index contributed by atoms with van der Waals surface area (Å²) in [5, 5.41) is 27.0. The molecular weight excluding hydrogens is 358 g/mol. The van der Waals surface area contributed by atoms with Crippen molar-refractivity contribution in [3.05, 3.63) is 65.9 Å². The van der Waals surface area contributed by atoms with Crippen molar-refractivity contribution in [1.82, 2.24) is 15.1 Å². The van der Waals surface area contributed by atoms with Crippen LogP contribution in [-0.2, 0) is 0 Å². The molecular formula is C21H23N3O4. The zero-order valence-corrected chi connectivity index (χ0v) is 15.8. The second kappa shape index (κ2) is 8.58. The Morgan fingerprint density at radius 1 is 1.21 bits per heavy atom. The number of carbonyl (C=O) groups is 1. The van der Waals surface area contributed by atoms with Crippen LogP contribution >= 0.6 is 0 Å². The molecule has 0 unspecified atom stereocenters. The molecule has 28 heavy (non-hydrogen) atoms. The van der Waals surface area contributed by atoms with Gasteiger partial charge in [-0.25, -0.2) is 0 Å². The summed E-state index contributed by atoms with van der Waals surface area (Å²) in [6.07, 6.45) is -0.906. The van der Waals surface area contributed by atoms with Gasteiger partial charge in [0.15, 0.2) is 0 Å². The van der Waals surface area contributed by atoms with Gasteiger partial charge in [0.1, 0.15) is 17.2 Å². The van der Waals surface area contributed by atoms with Crippen molar-refractivity contribution in [1.29, 1.82) is 0 Å². The van der Waals surface area contributed by atoms with E-state index in [1.807, 2.05) is 31.2 Å². The molecule has 1 aromatic heterocycles. The first kappa shape index (κ1) is 19.4. The van der Waals surface area contributed by atoms with E-state index in [2.05, 4.69) is 10.2 Å². The van der Waals surface area contributed by atoms with Crippen LogP contribution in [0.3, 0.4) is 0 Å². The number of aromatic amines is 1. The molecule has 1 amide bonds. The molecule has 0 spiro atoms. The van der Waals surface area contributed by atoms with E-state index < -0.39 is 6.10 Å². The van der Waals surface area contributed by atoms with Crippen LogP contribution in [0.1, 0.15) is 29.1 Å². The van der Waals surface area contributed by atoms with Gasteiger partial charge in [0.2, 0.25) is 0 Å². The minimum Gasteiger partial charge on any atom is -0.508 e. The molecule has 3 rings (SSSR count). The van der Waals surface area contributed by atoms with E-state index in [0.717, 1.165) is 5.56 Å². The van der Waals surface area contributed by atoms with Crippen LogP contribution < -0.4 is 4.74 Å². The van der Waals surface area contributed by atoms with Gasteiger partial charge in [0, 0.05) is 12.1 Å². The largest absolute Gasteiger partial charge is 0.508 e. The summed E-state index contributed by atoms with van der Waals surface area (Å²) in [4.78, 5) is 14.4. The number of rotatable bonds is 7. The van der Waals surface area contributed by atoms with E-state index in [1.54, 1.807) is 25.3 Å². The van der Waals surface area contributed by atoms with Gasteiger partial charge >= 0.3 is 0 Å². The summed E-state index contributed by atoms with van der Waals surface area (Å²) < 4.78 is 5.22. The normalized spacial score (nSPS) is 11.8. The quantitative estimate of drug-likeness (QED) is 0.584. The van der Waals surface area contributed by atoms with Gasteiger partial charge in [-0.15, -0.1) is 0 Å². The second-order valence-corrected chi connectivity index (χ2v) is 6.35. The monoisotopic (exact) mass is 381 g/mol. The fraction of sp³-hybridized carbons (Fsp3) is 0.238. The highest BCUT2D eigenvalue weighted by Gasteiger charge is 2.21. The topological polar surface area (TPSA) is 98.7 Å². The van der Waals surface area contributed by atoms with Crippen LogP contribution in [-0.4, -0.2) is 51.4 Å². The predicted octanol–water partition coefficient (Wildman–Crippen LogP) is 2.99. The Balaban J connectivity index is 1.75. The summed E-state index contributed by atoms with van der Waals surface area (Å²) >= 11 is 0. The van der Waals surface area contributed by atoms with Crippen LogP contribution in [0, 0.1) is 0 Å². The first-order valence-corrected chi connectivity index (χ1v) is 8.98. The number of aromatic hydroxyl groups is 1. The molecule has 2 aromatic carbocycles. The molecule has 7 heteroatoms. The fourth-order valence-electron chi connectivity index (χ4n) is 2.93. The SMILES string of the molecule is CCN(C[C@H](O)c1cccc(O)c1)C(=O)c1cc(-c2cccc(OC)c2)n[nH]1. The summed E-state index contributed by atoms with van der Waals surface area (Å²) in [6, 6.07) is 15.5. The molecule has 0 saturated heterocycles. The number of nitrogens with zero attached hydrogens (tertiary/aromatic N) is 2. The molecule has 1 atom stereocenters. The maximum absolute atomic E-state index is 12.8. The van der Waals surface area contributed by atoms with Crippen LogP contribution in [0.25, 0.3) is 11.3 Å². The van der Waals surface area contributed by atoms with Crippen molar-refractivity contribution in [3.63, 3.8) is 0 Å². The molecule has 0 saturated carbocycles. The highest BCUT2D eigenvalue weighted by atomic mass is 16.5. The minimum absolute atomic E-state index is 0.0717. The first-order valence-electron chi connectivity index (χ1n) is 8.98. The van der Waals surface area contributed by atoms with Crippen LogP contribution in [0.2, 0.25) is 0 Å². The molecule has 7 nitrogen and oxygen atoms in total. The zero-order valence-electron chi connectivity index (χ0n) is 15.8. The number of hydrogen-bond donors (Lipinski definition) is 3. The number of nitrogens with one attached hydrogen (secondary N) is 1. The lowest BCUT2D eigenvalue weighted by atomic mass is 10.1. The number of aliphatic hydroxyl groups excluding tert-OH is 1. The number of phenolic OH excluding ortho intramolecular Hbond substituents is 1. The molecule has 3 aromatic rings. The first-order chi connectivity index (χ1) is 13.5. The van der Waals surface area contributed by atoms with Crippen LogP contribution in [0.15, 0.2) is 54.6 Å². The second-order valence-electron chi connectivity index (χ2n) is 6.35. The third kappa shape index (κ3) is 4.32. The van der Waals surface area contributed by atoms with E-state index in [1.165, 1.54) is 17.0 Å². The van der Waals surface area contributed by atoms with Crippen molar-refractivity contribution in [2.24, 2.45) is 0 Å². The highest BCUT2D eigenvalue weighted by molar-refractivity contribution is 5.93. The Morgan fingerprint density at radius 3 is 2.71 bits per heavy atom. The number of phenols is 1. The molecule has 146 valence electrons. The van der Waals surface area contributed by atoms with Crippen molar-refractivity contribution in [3.8, 4) is 22.8 Å². The van der Waals surface area contributed by atoms with E-state index in [4.69, 9.17) is 4.74 Å². The average molecular weight is 381 g/mol. The number of methoxy groups -OCH3 is 1. The number of benzene rings is 2. The number of aromatic nitrogens is 2. The number of amides is 1. The zero-order chi connectivity index (χ0) is 20.1. The number of carbonyl (C=O) groups excluding carboxylic acids is 1. The Bertz CT molecular complexity index is 954. The standard InChI is InChI=1S/C21H23N3O4/c1-3-24(13-20(26)15-7-4-8-16(25)10-15)21(27)19-12-18(22-23-19)14-6-5-9-17(11-14)28-2/h4-12,20,25-26H,3,13H2,1-2H3,(H,22,23)/t20-/m0/s1. The number of ether oxygens (including phenoxy) is 1. The molecule has 0 bridgehead atoms. The Labute approximate surface area is 163 Å². The number of hydrogen-bond acceptors (Lipinski definition) is 5. The van der Waals surface area contributed by atoms with Crippen LogP contribution in [0.5, 0.6) is 11.5 Å². The minimum atomic E-state index is -0.906. The van der Waals surface area contributed by atoms with Gasteiger partial charge in [0.05, 0.1) is 25.5 Å². The number of likely N-dealkylation sites (N-methyl/N-ethyl adjacent to an activating group) is 1. The Kier molecular flexibility index (Phi) is 5.96. The molecule has 1 heterocycles. The molecule has 0 aliphatic rings. The van der Waals surface area contributed by atoms with Gasteiger partial charge in [-0.2, -0.15) is 5.10 Å². The smallest absolute Gasteiger partial charge is 0.271 e. The van der Waals surface area contributed by atoms with Gasteiger partial charge in [-0.1, -0.05) is 24.3 Å². The number of H-pyrrole nitrogens is 1. The molecule has 3 N–H and O–H groups in total. The molecule has 0 aliphatic heterocycles. The van der Waals surface area contributed by atoms with Gasteiger partial charge in [-0.05, 0) is 42.8 Å². The molecule has 0 radical (unpaired) electrons. The summed E-state index contributed by atoms with van der Waals surface area (Å²) in [7, 11) is 1.59. The molecule has 0 aliphatic carbocycles. The van der Waals surface area contributed by atoms with Crippen molar-refractivity contribution in [2.45, 2.75) is 13.0 Å². The average Bonchev–Trinajstić information content (AvgIpc) is 3.21. The predicted molar refractivity (Wildman–Crippen MR) is 105 cm³/mol. The van der Waals surface area contributed by atoms with Gasteiger partial charge in [-0.3, -0.25) is 9.89 Å². The van der Waals surface area contributed by atoms with Gasteiger partial charge in [0.25, 0.3) is 5.91 Å². The lowest BCUT2D eigenvalue weighted by Crippen LogP contribution is -2.34. The maximum atomic E-state index is 12.8. The van der Waals surface area contributed by atoms with E-state index in [0.29, 0.717) is 29.2 Å². The summed E-state index contributed by atoms with van der Waals surface area (Å²) in [6.45, 7) is 2.36. The van der Waals surface area contributed by atoms with Crippen molar-refractivity contribution >= 4 is 5.91 Å². The van der Waals surface area contributed by atoms with Gasteiger partial charge < -0.3 is 19.8 Å². The number of aliphatic hydroxyl groups is 1. The highest BCUT2D eigenvalue weighted by Crippen LogP contribution is 2.24. The van der Waals surface area contributed by atoms with E-state index in [-0.39, 0.29) is 18.2 Å². The third-order valence-corrected chi connectivity index (χ3v) is 4.49. The van der Waals surface area contributed by atoms with Crippen molar-refractivity contribution in [2.75, 3.05) is 20.2 Å². The lowest BCUT2D eigenvalue weighted by molar-refractivity contribution is 0.0629.